The number of carbonyl (C=O) groups excluding carboxylic acids is 1. The topological polar surface area (TPSA) is 72.7 Å². The van der Waals surface area contributed by atoms with Gasteiger partial charge in [-0.25, -0.2) is 0 Å². The SMILES string of the molecule is Cc1ccc(-n2nnnc2SCC(=O)NC(C)(C)CC(C)(C)C)cc1C. The van der Waals surface area contributed by atoms with Crippen LogP contribution in [0.15, 0.2) is 23.4 Å². The van der Waals surface area contributed by atoms with Crippen LogP contribution in [-0.4, -0.2) is 37.4 Å². The van der Waals surface area contributed by atoms with Crippen molar-refractivity contribution in [1.82, 2.24) is 25.5 Å². The Morgan fingerprint density at radius 3 is 2.46 bits per heavy atom. The number of hydrogen-bond acceptors (Lipinski definition) is 5. The van der Waals surface area contributed by atoms with Crippen LogP contribution < -0.4 is 5.32 Å². The van der Waals surface area contributed by atoms with Crippen molar-refractivity contribution in [2.45, 2.75) is 65.6 Å². The van der Waals surface area contributed by atoms with Gasteiger partial charge in [0.15, 0.2) is 0 Å². The normalized spacial score (nSPS) is 12.3. The molecule has 0 unspecified atom stereocenters. The van der Waals surface area contributed by atoms with Gasteiger partial charge in [0.25, 0.3) is 0 Å². The quantitative estimate of drug-likeness (QED) is 0.779. The first kappa shape index (κ1) is 20.4. The first-order valence-electron chi connectivity index (χ1n) is 8.77. The number of thioether (sulfide) groups is 1. The van der Waals surface area contributed by atoms with Gasteiger partial charge in [0.2, 0.25) is 11.1 Å². The summed E-state index contributed by atoms with van der Waals surface area (Å²) in [6, 6.07) is 6.07. The van der Waals surface area contributed by atoms with Gasteiger partial charge in [0.1, 0.15) is 0 Å². The summed E-state index contributed by atoms with van der Waals surface area (Å²) in [4.78, 5) is 12.4. The van der Waals surface area contributed by atoms with Crippen LogP contribution in [0.5, 0.6) is 0 Å². The zero-order valence-electron chi connectivity index (χ0n) is 16.8. The van der Waals surface area contributed by atoms with Gasteiger partial charge in [0.05, 0.1) is 11.4 Å². The lowest BCUT2D eigenvalue weighted by Crippen LogP contribution is -2.46. The fourth-order valence-electron chi connectivity index (χ4n) is 3.20. The number of benzene rings is 1. The molecule has 26 heavy (non-hydrogen) atoms. The molecule has 1 N–H and O–H groups in total. The number of tetrazole rings is 1. The maximum atomic E-state index is 12.4. The third kappa shape index (κ3) is 5.83. The molecule has 0 atom stereocenters. The van der Waals surface area contributed by atoms with Crippen molar-refractivity contribution >= 4 is 17.7 Å². The lowest BCUT2D eigenvalue weighted by Gasteiger charge is -2.33. The predicted octanol–water partition coefficient (Wildman–Crippen LogP) is 3.70. The smallest absolute Gasteiger partial charge is 0.230 e. The first-order valence-corrected chi connectivity index (χ1v) is 9.75. The minimum atomic E-state index is -0.254. The monoisotopic (exact) mass is 375 g/mol. The van der Waals surface area contributed by atoms with Gasteiger partial charge >= 0.3 is 0 Å². The van der Waals surface area contributed by atoms with Crippen molar-refractivity contribution < 1.29 is 4.79 Å². The lowest BCUT2D eigenvalue weighted by molar-refractivity contribution is -0.120. The second kappa shape index (κ2) is 7.78. The van der Waals surface area contributed by atoms with E-state index >= 15 is 0 Å². The van der Waals surface area contributed by atoms with E-state index in [9.17, 15) is 4.79 Å². The van der Waals surface area contributed by atoms with Gasteiger partial charge in [-0.1, -0.05) is 38.6 Å². The molecule has 6 nitrogen and oxygen atoms in total. The van der Waals surface area contributed by atoms with Crippen LogP contribution in [-0.2, 0) is 4.79 Å². The Hall–Kier alpha value is -1.89. The largest absolute Gasteiger partial charge is 0.350 e. The number of aromatic nitrogens is 4. The molecule has 0 fully saturated rings. The van der Waals surface area contributed by atoms with Gasteiger partial charge in [0, 0.05) is 5.54 Å². The summed E-state index contributed by atoms with van der Waals surface area (Å²) in [6.45, 7) is 14.8. The van der Waals surface area contributed by atoms with Gasteiger partial charge in [-0.3, -0.25) is 4.79 Å². The molecule has 0 radical (unpaired) electrons. The van der Waals surface area contributed by atoms with Crippen LogP contribution in [0.25, 0.3) is 5.69 Å². The van der Waals surface area contributed by atoms with Crippen LogP contribution in [0.3, 0.4) is 0 Å². The Bertz CT molecular complexity index is 776. The van der Waals surface area contributed by atoms with Gasteiger partial charge in [-0.05, 0) is 73.2 Å². The molecule has 0 saturated heterocycles. The average molecular weight is 376 g/mol. The highest BCUT2D eigenvalue weighted by molar-refractivity contribution is 7.99. The third-order valence-corrected chi connectivity index (χ3v) is 4.88. The summed E-state index contributed by atoms with van der Waals surface area (Å²) in [6.07, 6.45) is 0.900. The van der Waals surface area contributed by atoms with Crippen molar-refractivity contribution in [2.75, 3.05) is 5.75 Å². The second-order valence-electron chi connectivity index (χ2n) is 8.60. The molecule has 142 valence electrons. The highest BCUT2D eigenvalue weighted by atomic mass is 32.2. The van der Waals surface area contributed by atoms with Crippen LogP contribution in [0.2, 0.25) is 0 Å². The summed E-state index contributed by atoms with van der Waals surface area (Å²) < 4.78 is 1.67. The minimum Gasteiger partial charge on any atom is -0.350 e. The lowest BCUT2D eigenvalue weighted by atomic mass is 9.82. The maximum absolute atomic E-state index is 12.4. The van der Waals surface area contributed by atoms with Crippen LogP contribution in [0, 0.1) is 19.3 Å². The van der Waals surface area contributed by atoms with Crippen molar-refractivity contribution in [3.8, 4) is 5.69 Å². The second-order valence-corrected chi connectivity index (χ2v) is 9.54. The van der Waals surface area contributed by atoms with Crippen molar-refractivity contribution in [1.29, 1.82) is 0 Å². The molecule has 0 saturated carbocycles. The van der Waals surface area contributed by atoms with Crippen LogP contribution in [0.4, 0.5) is 0 Å². The van der Waals surface area contributed by atoms with Crippen molar-refractivity contribution in [2.24, 2.45) is 5.41 Å². The Balaban J connectivity index is 2.01. The highest BCUT2D eigenvalue weighted by Gasteiger charge is 2.27. The Morgan fingerprint density at radius 2 is 1.85 bits per heavy atom. The number of amides is 1. The molecule has 1 amide bonds. The van der Waals surface area contributed by atoms with E-state index in [0.717, 1.165) is 12.1 Å². The van der Waals surface area contributed by atoms with Crippen LogP contribution >= 0.6 is 11.8 Å². The molecule has 1 aromatic heterocycles. The van der Waals surface area contributed by atoms with Crippen LogP contribution in [0.1, 0.15) is 52.2 Å². The van der Waals surface area contributed by atoms with E-state index in [0.29, 0.717) is 5.16 Å². The molecule has 0 aliphatic rings. The van der Waals surface area contributed by atoms with E-state index in [2.05, 4.69) is 69.3 Å². The number of rotatable bonds is 6. The number of aryl methyl sites for hydroxylation is 2. The van der Waals surface area contributed by atoms with Crippen molar-refractivity contribution in [3.63, 3.8) is 0 Å². The number of nitrogens with one attached hydrogen (secondary N) is 1. The molecule has 2 rings (SSSR count). The van der Waals surface area contributed by atoms with Gasteiger partial charge in [-0.15, -0.1) is 5.10 Å². The molecule has 7 heteroatoms. The summed E-state index contributed by atoms with van der Waals surface area (Å²) >= 11 is 1.34. The third-order valence-electron chi connectivity index (χ3n) is 3.96. The zero-order valence-corrected chi connectivity index (χ0v) is 17.6. The standard InChI is InChI=1S/C19H29N5OS/c1-13-8-9-15(10-14(13)2)24-17(21-22-23-24)26-11-16(25)20-19(6,7)12-18(3,4)5/h8-10H,11-12H2,1-7H3,(H,20,25). The molecule has 1 aromatic carbocycles. The number of carbonyl (C=O) groups is 1. The molecular weight excluding hydrogens is 346 g/mol. The van der Waals surface area contributed by atoms with E-state index < -0.39 is 0 Å². The fourth-order valence-corrected chi connectivity index (χ4v) is 3.89. The van der Waals surface area contributed by atoms with Crippen molar-refractivity contribution in [3.05, 3.63) is 29.3 Å². The molecule has 0 spiro atoms. The summed E-state index contributed by atoms with van der Waals surface area (Å²) in [7, 11) is 0. The summed E-state index contributed by atoms with van der Waals surface area (Å²) in [5.41, 5.74) is 3.19. The zero-order chi connectivity index (χ0) is 19.5. The average Bonchev–Trinajstić information content (AvgIpc) is 2.93. The number of nitrogens with zero attached hydrogens (tertiary/aromatic N) is 4. The van der Waals surface area contributed by atoms with E-state index in [1.807, 2.05) is 18.2 Å². The summed E-state index contributed by atoms with van der Waals surface area (Å²) in [5, 5.41) is 15.6. The van der Waals surface area contributed by atoms with Gasteiger partial charge < -0.3 is 5.32 Å². The first-order chi connectivity index (χ1) is 12.0. The molecule has 0 aliphatic carbocycles. The Morgan fingerprint density at radius 1 is 1.15 bits per heavy atom. The van der Waals surface area contributed by atoms with E-state index in [1.54, 1.807) is 4.68 Å². The summed E-state index contributed by atoms with van der Waals surface area (Å²) in [5.74, 6) is 0.262. The Labute approximate surface area is 160 Å². The Kier molecular flexibility index (Phi) is 6.11. The van der Waals surface area contributed by atoms with E-state index in [1.165, 1.54) is 22.9 Å². The molecular formula is C19H29N5OS. The molecule has 2 aromatic rings. The maximum Gasteiger partial charge on any atom is 0.230 e. The molecule has 1 heterocycles. The fraction of sp³-hybridized carbons (Fsp3) is 0.579. The number of hydrogen-bond donors (Lipinski definition) is 1. The van der Waals surface area contributed by atoms with E-state index in [4.69, 9.17) is 0 Å². The predicted molar refractivity (Wildman–Crippen MR) is 106 cm³/mol. The minimum absolute atomic E-state index is 0.0149. The molecule has 0 aliphatic heterocycles. The van der Waals surface area contributed by atoms with Gasteiger partial charge in [-0.2, -0.15) is 4.68 Å². The highest BCUT2D eigenvalue weighted by Crippen LogP contribution is 2.27. The molecule has 0 bridgehead atoms. The van der Waals surface area contributed by atoms with E-state index in [-0.39, 0.29) is 22.6 Å².